The van der Waals surface area contributed by atoms with E-state index in [1.165, 1.54) is 4.90 Å². The Kier molecular flexibility index (Phi) is 5.30. The zero-order valence-corrected chi connectivity index (χ0v) is 16.4. The van der Waals surface area contributed by atoms with Crippen molar-refractivity contribution in [1.29, 1.82) is 0 Å². The Morgan fingerprint density at radius 3 is 2.40 bits per heavy atom. The Morgan fingerprint density at radius 2 is 1.77 bits per heavy atom. The number of aromatic nitrogens is 1. The van der Waals surface area contributed by atoms with Crippen LogP contribution < -0.4 is 4.74 Å². The van der Waals surface area contributed by atoms with Crippen molar-refractivity contribution in [2.75, 3.05) is 7.11 Å². The third kappa shape index (κ3) is 3.55. The minimum atomic E-state index is -0.707. The first-order valence-corrected chi connectivity index (χ1v) is 9.47. The first kappa shape index (κ1) is 19.4. The molecule has 1 saturated heterocycles. The van der Waals surface area contributed by atoms with Gasteiger partial charge in [0.2, 0.25) is 0 Å². The number of hydrogen-bond acceptors (Lipinski definition) is 5. The van der Waals surface area contributed by atoms with Crippen molar-refractivity contribution < 1.29 is 19.4 Å². The predicted octanol–water partition coefficient (Wildman–Crippen LogP) is 3.71. The third-order valence-corrected chi connectivity index (χ3v) is 5.09. The lowest BCUT2D eigenvalue weighted by Gasteiger charge is -2.25. The molecule has 1 aliphatic rings. The van der Waals surface area contributed by atoms with Crippen molar-refractivity contribution in [2.24, 2.45) is 0 Å². The Morgan fingerprint density at radius 1 is 1.03 bits per heavy atom. The number of likely N-dealkylation sites (tertiary alicyclic amines) is 1. The molecule has 6 heteroatoms. The maximum atomic E-state index is 13.0. The number of ether oxygens (including phenoxy) is 1. The second kappa shape index (κ2) is 8.21. The van der Waals surface area contributed by atoms with E-state index in [9.17, 15) is 14.7 Å². The fraction of sp³-hybridized carbons (Fsp3) is 0.125. The van der Waals surface area contributed by atoms with Crippen LogP contribution >= 0.6 is 0 Å². The average Bonchev–Trinajstić information content (AvgIpc) is 3.05. The molecule has 0 unspecified atom stereocenters. The second-order valence-electron chi connectivity index (χ2n) is 6.93. The molecule has 1 amide bonds. The standard InChI is InChI=1S/C24H20N2O4/c1-30-19-11-9-18(10-12-19)22(27)20-21(17-7-3-2-4-8-17)26(24(29)23(20)28)15-16-6-5-13-25-14-16/h2-14,21,27H,15H2,1H3/t21-/m1/s1. The van der Waals surface area contributed by atoms with Crippen molar-refractivity contribution >= 4 is 17.4 Å². The van der Waals surface area contributed by atoms with Gasteiger partial charge in [-0.3, -0.25) is 14.6 Å². The van der Waals surface area contributed by atoms with Gasteiger partial charge in [0.15, 0.2) is 0 Å². The molecule has 1 fully saturated rings. The van der Waals surface area contributed by atoms with E-state index in [-0.39, 0.29) is 17.9 Å². The number of Topliss-reactive ketones (excluding diaryl/α,β-unsaturated/α-hetero) is 1. The van der Waals surface area contributed by atoms with Gasteiger partial charge in [0.1, 0.15) is 11.5 Å². The molecule has 150 valence electrons. The molecule has 4 rings (SSSR count). The minimum absolute atomic E-state index is 0.0697. The summed E-state index contributed by atoms with van der Waals surface area (Å²) in [7, 11) is 1.55. The number of benzene rings is 2. The van der Waals surface area contributed by atoms with Gasteiger partial charge in [0.25, 0.3) is 11.7 Å². The molecule has 1 atom stereocenters. The number of amides is 1. The highest BCUT2D eigenvalue weighted by Crippen LogP contribution is 2.40. The van der Waals surface area contributed by atoms with Gasteiger partial charge in [-0.25, -0.2) is 0 Å². The number of methoxy groups -OCH3 is 1. The van der Waals surface area contributed by atoms with Crippen LogP contribution in [-0.4, -0.2) is 33.8 Å². The molecule has 0 bridgehead atoms. The zero-order valence-electron chi connectivity index (χ0n) is 16.4. The summed E-state index contributed by atoms with van der Waals surface area (Å²) in [6.45, 7) is 0.206. The predicted molar refractivity (Wildman–Crippen MR) is 112 cm³/mol. The lowest BCUT2D eigenvalue weighted by Crippen LogP contribution is -2.29. The highest BCUT2D eigenvalue weighted by molar-refractivity contribution is 6.46. The third-order valence-electron chi connectivity index (χ3n) is 5.09. The fourth-order valence-electron chi connectivity index (χ4n) is 3.62. The number of pyridine rings is 1. The molecular weight excluding hydrogens is 380 g/mol. The summed E-state index contributed by atoms with van der Waals surface area (Å²) in [5, 5.41) is 11.0. The number of hydrogen-bond donors (Lipinski definition) is 1. The zero-order chi connectivity index (χ0) is 21.1. The summed E-state index contributed by atoms with van der Waals surface area (Å²) in [5.74, 6) is -0.939. The molecule has 0 spiro atoms. The normalized spacial score (nSPS) is 17.9. The number of carbonyl (C=O) groups excluding carboxylic acids is 2. The van der Waals surface area contributed by atoms with Gasteiger partial charge in [-0.15, -0.1) is 0 Å². The Labute approximate surface area is 174 Å². The maximum Gasteiger partial charge on any atom is 0.295 e. The van der Waals surface area contributed by atoms with Crippen LogP contribution in [0.25, 0.3) is 5.76 Å². The highest BCUT2D eigenvalue weighted by Gasteiger charge is 2.46. The van der Waals surface area contributed by atoms with E-state index in [0.29, 0.717) is 11.3 Å². The summed E-state index contributed by atoms with van der Waals surface area (Å²) in [4.78, 5) is 31.5. The van der Waals surface area contributed by atoms with Crippen molar-refractivity contribution in [2.45, 2.75) is 12.6 Å². The van der Waals surface area contributed by atoms with Gasteiger partial charge in [-0.1, -0.05) is 36.4 Å². The van der Waals surface area contributed by atoms with E-state index in [2.05, 4.69) is 4.98 Å². The Hall–Kier alpha value is -3.93. The van der Waals surface area contributed by atoms with Crippen molar-refractivity contribution in [3.8, 4) is 5.75 Å². The van der Waals surface area contributed by atoms with Crippen molar-refractivity contribution in [1.82, 2.24) is 9.88 Å². The van der Waals surface area contributed by atoms with Gasteiger partial charge >= 0.3 is 0 Å². The Bertz CT molecular complexity index is 1090. The molecule has 0 saturated carbocycles. The van der Waals surface area contributed by atoms with Crippen molar-refractivity contribution in [3.05, 3.63) is 101 Å². The number of aliphatic hydroxyl groups excluding tert-OH is 1. The number of rotatable bonds is 5. The highest BCUT2D eigenvalue weighted by atomic mass is 16.5. The van der Waals surface area contributed by atoms with Crippen LogP contribution in [0, 0.1) is 0 Å². The Balaban J connectivity index is 1.83. The second-order valence-corrected chi connectivity index (χ2v) is 6.93. The monoisotopic (exact) mass is 400 g/mol. The van der Waals surface area contributed by atoms with Gasteiger partial charge < -0.3 is 14.7 Å². The molecule has 2 aromatic carbocycles. The molecule has 1 aromatic heterocycles. The van der Waals surface area contributed by atoms with Crippen LogP contribution in [0.5, 0.6) is 5.75 Å². The molecule has 0 radical (unpaired) electrons. The van der Waals surface area contributed by atoms with E-state index in [1.807, 2.05) is 36.4 Å². The largest absolute Gasteiger partial charge is 0.507 e. The van der Waals surface area contributed by atoms with Crippen LogP contribution in [0.15, 0.2) is 84.7 Å². The molecule has 3 aromatic rings. The number of aliphatic hydroxyl groups is 1. The van der Waals surface area contributed by atoms with E-state index >= 15 is 0 Å². The van der Waals surface area contributed by atoms with Crippen molar-refractivity contribution in [3.63, 3.8) is 0 Å². The molecule has 0 aliphatic carbocycles. The van der Waals surface area contributed by atoms with E-state index in [4.69, 9.17) is 4.74 Å². The van der Waals surface area contributed by atoms with E-state index < -0.39 is 17.7 Å². The van der Waals surface area contributed by atoms with Gasteiger partial charge in [-0.2, -0.15) is 0 Å². The van der Waals surface area contributed by atoms with Crippen LogP contribution in [-0.2, 0) is 16.1 Å². The minimum Gasteiger partial charge on any atom is -0.507 e. The summed E-state index contributed by atoms with van der Waals surface area (Å²) >= 11 is 0. The number of carbonyl (C=O) groups is 2. The number of nitrogens with zero attached hydrogens (tertiary/aromatic N) is 2. The first-order valence-electron chi connectivity index (χ1n) is 9.47. The molecule has 1 aliphatic heterocycles. The van der Waals surface area contributed by atoms with Crippen LogP contribution in [0.2, 0.25) is 0 Å². The molecule has 1 N–H and O–H groups in total. The SMILES string of the molecule is COc1ccc(C(O)=C2C(=O)C(=O)N(Cc3cccnc3)[C@@H]2c2ccccc2)cc1. The van der Waals surface area contributed by atoms with E-state index in [0.717, 1.165) is 11.1 Å². The molecular formula is C24H20N2O4. The average molecular weight is 400 g/mol. The van der Waals surface area contributed by atoms with Gasteiger partial charge in [-0.05, 0) is 41.5 Å². The van der Waals surface area contributed by atoms with Gasteiger partial charge in [0.05, 0.1) is 18.7 Å². The molecule has 6 nitrogen and oxygen atoms in total. The first-order chi connectivity index (χ1) is 14.6. The molecule has 30 heavy (non-hydrogen) atoms. The summed E-state index contributed by atoms with van der Waals surface area (Å²) in [6.07, 6.45) is 3.31. The topological polar surface area (TPSA) is 79.7 Å². The lowest BCUT2D eigenvalue weighted by molar-refractivity contribution is -0.140. The van der Waals surface area contributed by atoms with Crippen LogP contribution in [0.1, 0.15) is 22.7 Å². The summed E-state index contributed by atoms with van der Waals surface area (Å²) in [5.41, 5.74) is 2.05. The maximum absolute atomic E-state index is 13.0. The quantitative estimate of drug-likeness (QED) is 0.401. The fourth-order valence-corrected chi connectivity index (χ4v) is 3.62. The van der Waals surface area contributed by atoms with E-state index in [1.54, 1.807) is 49.8 Å². The number of ketones is 1. The lowest BCUT2D eigenvalue weighted by atomic mass is 9.95. The van der Waals surface area contributed by atoms with Crippen LogP contribution in [0.4, 0.5) is 0 Å². The summed E-state index contributed by atoms with van der Waals surface area (Å²) < 4.78 is 5.15. The smallest absolute Gasteiger partial charge is 0.295 e. The summed E-state index contributed by atoms with van der Waals surface area (Å²) in [6, 6.07) is 18.8. The van der Waals surface area contributed by atoms with Crippen LogP contribution in [0.3, 0.4) is 0 Å². The van der Waals surface area contributed by atoms with Gasteiger partial charge in [0, 0.05) is 24.5 Å². The molecule has 2 heterocycles.